The number of benzene rings is 1. The summed E-state index contributed by atoms with van der Waals surface area (Å²) in [5, 5.41) is 2.92. The summed E-state index contributed by atoms with van der Waals surface area (Å²) >= 11 is 0. The van der Waals surface area contributed by atoms with Crippen LogP contribution in [0.4, 0.5) is 5.69 Å². The average molecular weight is 328 g/mol. The van der Waals surface area contributed by atoms with E-state index in [0.717, 1.165) is 21.7 Å². The highest BCUT2D eigenvalue weighted by atomic mass is 32.2. The Morgan fingerprint density at radius 2 is 1.82 bits per heavy atom. The first kappa shape index (κ1) is 18.6. The Morgan fingerprint density at radius 3 is 2.36 bits per heavy atom. The normalized spacial score (nSPS) is 12.9. The maximum atomic E-state index is 12.0. The lowest BCUT2D eigenvalue weighted by atomic mass is 10.1. The fraction of sp³-hybridized carbons (Fsp3) is 0.533. The minimum atomic E-state index is -4.13. The Kier molecular flexibility index (Phi) is 6.99. The summed E-state index contributed by atoms with van der Waals surface area (Å²) < 4.78 is 31.5. The van der Waals surface area contributed by atoms with Gasteiger partial charge < -0.3 is 14.8 Å². The summed E-state index contributed by atoms with van der Waals surface area (Å²) in [5.41, 5.74) is 2.89. The number of rotatable bonds is 8. The van der Waals surface area contributed by atoms with E-state index in [4.69, 9.17) is 0 Å². The largest absolute Gasteiger partial charge is 0.748 e. The summed E-state index contributed by atoms with van der Waals surface area (Å²) in [6.07, 6.45) is 0.936. The highest BCUT2D eigenvalue weighted by molar-refractivity contribution is 7.85. The van der Waals surface area contributed by atoms with E-state index in [1.807, 2.05) is 39.1 Å². The summed E-state index contributed by atoms with van der Waals surface area (Å²) in [4.78, 5) is 13.0. The van der Waals surface area contributed by atoms with Crippen molar-refractivity contribution < 1.29 is 22.7 Å². The maximum Gasteiger partial charge on any atom is 0.279 e. The van der Waals surface area contributed by atoms with Crippen LogP contribution < -0.4 is 10.2 Å². The van der Waals surface area contributed by atoms with Crippen LogP contribution in [-0.4, -0.2) is 44.8 Å². The summed E-state index contributed by atoms with van der Waals surface area (Å²) in [6, 6.07) is 5.84. The number of carbonyl (C=O) groups excluding carboxylic acids is 1. The predicted octanol–water partition coefficient (Wildman–Crippen LogP) is 0.0820. The molecule has 6 nitrogen and oxygen atoms in total. The predicted molar refractivity (Wildman–Crippen MR) is 85.0 cm³/mol. The van der Waals surface area contributed by atoms with Crippen LogP contribution in [0.1, 0.15) is 24.0 Å². The van der Waals surface area contributed by atoms with Crippen LogP contribution in [0.15, 0.2) is 18.2 Å². The zero-order valence-electron chi connectivity index (χ0n) is 13.3. The molecule has 0 saturated heterocycles. The summed E-state index contributed by atoms with van der Waals surface area (Å²) in [6.45, 7) is 4.85. The lowest BCUT2D eigenvalue weighted by Gasteiger charge is -2.16. The van der Waals surface area contributed by atoms with Gasteiger partial charge in [-0.1, -0.05) is 18.2 Å². The lowest BCUT2D eigenvalue weighted by Crippen LogP contribution is -3.10. The Hall–Kier alpha value is -1.44. The molecule has 0 aromatic heterocycles. The van der Waals surface area contributed by atoms with Crippen LogP contribution in [-0.2, 0) is 14.9 Å². The standard InChI is InChI=1S/C15H24N2O4S/c1-12-7-6-8-13(2)15(12)16-14(18)11-17(3)9-4-5-10-22(19,20)21/h6-8H,4-5,9-11H2,1-3H3,(H,16,18)(H,19,20,21). The first-order valence-corrected chi connectivity index (χ1v) is 8.87. The molecule has 1 aromatic rings. The van der Waals surface area contributed by atoms with Crippen molar-refractivity contribution in [3.63, 3.8) is 0 Å². The Balaban J connectivity index is 2.38. The van der Waals surface area contributed by atoms with E-state index in [2.05, 4.69) is 5.32 Å². The molecule has 0 aliphatic heterocycles. The molecular formula is C15H24N2O4S. The second kappa shape index (κ2) is 8.26. The van der Waals surface area contributed by atoms with Gasteiger partial charge in [-0.25, -0.2) is 8.42 Å². The van der Waals surface area contributed by atoms with E-state index in [1.54, 1.807) is 0 Å². The van der Waals surface area contributed by atoms with Gasteiger partial charge in [0.05, 0.1) is 23.7 Å². The van der Waals surface area contributed by atoms with Crippen molar-refractivity contribution in [2.45, 2.75) is 26.7 Å². The van der Waals surface area contributed by atoms with Crippen molar-refractivity contribution in [1.29, 1.82) is 0 Å². The van der Waals surface area contributed by atoms with Gasteiger partial charge in [-0.3, -0.25) is 4.79 Å². The highest BCUT2D eigenvalue weighted by Gasteiger charge is 2.12. The molecule has 2 N–H and O–H groups in total. The molecule has 1 aromatic carbocycles. The van der Waals surface area contributed by atoms with Crippen LogP contribution >= 0.6 is 0 Å². The molecule has 0 bridgehead atoms. The van der Waals surface area contributed by atoms with Crippen LogP contribution in [0.5, 0.6) is 0 Å². The molecule has 1 rings (SSSR count). The van der Waals surface area contributed by atoms with Crippen LogP contribution in [0.3, 0.4) is 0 Å². The third-order valence-corrected chi connectivity index (χ3v) is 4.24. The van der Waals surface area contributed by atoms with E-state index in [-0.39, 0.29) is 11.7 Å². The molecule has 22 heavy (non-hydrogen) atoms. The van der Waals surface area contributed by atoms with Gasteiger partial charge in [0.2, 0.25) is 0 Å². The lowest BCUT2D eigenvalue weighted by molar-refractivity contribution is -0.871. The first-order valence-electron chi connectivity index (χ1n) is 7.30. The molecule has 0 saturated carbocycles. The quantitative estimate of drug-likeness (QED) is 0.522. The molecule has 7 heteroatoms. The molecule has 0 radical (unpaired) electrons. The minimum absolute atomic E-state index is 0.0775. The molecule has 0 aliphatic carbocycles. The molecule has 1 unspecified atom stereocenters. The van der Waals surface area contributed by atoms with Crippen molar-refractivity contribution in [2.75, 3.05) is 31.2 Å². The molecule has 0 aliphatic rings. The number of hydrogen-bond acceptors (Lipinski definition) is 4. The Bertz CT molecular complexity index is 594. The van der Waals surface area contributed by atoms with Crippen molar-refractivity contribution >= 4 is 21.7 Å². The first-order chi connectivity index (χ1) is 10.2. The van der Waals surface area contributed by atoms with Gasteiger partial charge >= 0.3 is 0 Å². The number of nitrogens with one attached hydrogen (secondary N) is 2. The molecule has 1 atom stereocenters. The fourth-order valence-corrected chi connectivity index (χ4v) is 2.82. The van der Waals surface area contributed by atoms with Crippen molar-refractivity contribution in [3.05, 3.63) is 29.3 Å². The van der Waals surface area contributed by atoms with E-state index in [1.165, 1.54) is 0 Å². The van der Waals surface area contributed by atoms with Crippen molar-refractivity contribution in [1.82, 2.24) is 0 Å². The number of quaternary nitrogens is 1. The summed E-state index contributed by atoms with van der Waals surface area (Å²) in [5.74, 6) is -0.416. The topological polar surface area (TPSA) is 90.7 Å². The molecule has 0 heterocycles. The van der Waals surface area contributed by atoms with E-state index < -0.39 is 10.1 Å². The van der Waals surface area contributed by atoms with Gasteiger partial charge in [0.15, 0.2) is 6.54 Å². The second-order valence-corrected chi connectivity index (χ2v) is 7.19. The van der Waals surface area contributed by atoms with E-state index >= 15 is 0 Å². The van der Waals surface area contributed by atoms with Crippen molar-refractivity contribution in [2.24, 2.45) is 0 Å². The number of anilines is 1. The molecule has 0 fully saturated rings. The van der Waals surface area contributed by atoms with Gasteiger partial charge in [-0.15, -0.1) is 0 Å². The van der Waals surface area contributed by atoms with Gasteiger partial charge in [0, 0.05) is 11.4 Å². The van der Waals surface area contributed by atoms with E-state index in [0.29, 0.717) is 25.9 Å². The van der Waals surface area contributed by atoms with Gasteiger partial charge in [0.1, 0.15) is 0 Å². The highest BCUT2D eigenvalue weighted by Crippen LogP contribution is 2.18. The molecular weight excluding hydrogens is 304 g/mol. The second-order valence-electron chi connectivity index (χ2n) is 5.67. The number of carbonyl (C=O) groups is 1. The monoisotopic (exact) mass is 328 g/mol. The average Bonchev–Trinajstić information content (AvgIpc) is 2.38. The summed E-state index contributed by atoms with van der Waals surface area (Å²) in [7, 11) is -2.26. The number of aryl methyl sites for hydroxylation is 2. The number of likely N-dealkylation sites (N-methyl/N-ethyl adjacent to an activating group) is 1. The number of hydrogen-bond donors (Lipinski definition) is 2. The SMILES string of the molecule is Cc1cccc(C)c1NC(=O)C[NH+](C)CCCCS(=O)(=O)[O-]. The Labute approximate surface area is 132 Å². The zero-order chi connectivity index (χ0) is 16.8. The number of amides is 1. The molecule has 1 amide bonds. The smallest absolute Gasteiger partial charge is 0.279 e. The Morgan fingerprint density at radius 1 is 1.23 bits per heavy atom. The fourth-order valence-electron chi connectivity index (χ4n) is 2.26. The molecule has 124 valence electrons. The van der Waals surface area contributed by atoms with E-state index in [9.17, 15) is 17.8 Å². The zero-order valence-corrected chi connectivity index (χ0v) is 14.1. The minimum Gasteiger partial charge on any atom is -0.748 e. The molecule has 0 spiro atoms. The number of unbranched alkanes of at least 4 members (excludes halogenated alkanes) is 1. The van der Waals surface area contributed by atoms with Gasteiger partial charge in [0.25, 0.3) is 5.91 Å². The van der Waals surface area contributed by atoms with Crippen molar-refractivity contribution in [3.8, 4) is 0 Å². The van der Waals surface area contributed by atoms with Gasteiger partial charge in [-0.2, -0.15) is 0 Å². The van der Waals surface area contributed by atoms with Crippen LogP contribution in [0.25, 0.3) is 0 Å². The third kappa shape index (κ3) is 7.02. The third-order valence-electron chi connectivity index (χ3n) is 3.46. The van der Waals surface area contributed by atoms with Crippen LogP contribution in [0, 0.1) is 13.8 Å². The maximum absolute atomic E-state index is 12.0. The number of para-hydroxylation sites is 1. The van der Waals surface area contributed by atoms with Gasteiger partial charge in [-0.05, 0) is 37.8 Å². The van der Waals surface area contributed by atoms with Crippen LogP contribution in [0.2, 0.25) is 0 Å².